The van der Waals surface area contributed by atoms with E-state index in [2.05, 4.69) is 47.2 Å². The zero-order valence-electron chi connectivity index (χ0n) is 13.1. The molecule has 0 heterocycles. The van der Waals surface area contributed by atoms with Gasteiger partial charge in [-0.15, -0.1) is 0 Å². The molecule has 19 heavy (non-hydrogen) atoms. The SMILES string of the molecule is CCCCOCCC(=O)C(S)C(C)CSC(C)(C)C. The Morgan fingerprint density at radius 3 is 2.47 bits per heavy atom. The molecule has 0 saturated heterocycles. The van der Waals surface area contributed by atoms with Crippen LogP contribution in [0.5, 0.6) is 0 Å². The molecule has 0 aromatic heterocycles. The maximum absolute atomic E-state index is 12.0. The molecule has 0 aliphatic carbocycles. The average Bonchev–Trinajstić information content (AvgIpc) is 2.33. The van der Waals surface area contributed by atoms with E-state index in [4.69, 9.17) is 4.74 Å². The molecule has 2 unspecified atom stereocenters. The van der Waals surface area contributed by atoms with Gasteiger partial charge in [0, 0.05) is 17.8 Å². The van der Waals surface area contributed by atoms with Gasteiger partial charge >= 0.3 is 0 Å². The monoisotopic (exact) mass is 306 g/mol. The van der Waals surface area contributed by atoms with E-state index in [0.29, 0.717) is 18.9 Å². The molecular weight excluding hydrogens is 276 g/mol. The van der Waals surface area contributed by atoms with Crippen molar-refractivity contribution in [3.63, 3.8) is 0 Å². The third-order valence-corrected chi connectivity index (χ3v) is 5.14. The molecule has 0 N–H and O–H groups in total. The van der Waals surface area contributed by atoms with Crippen LogP contribution in [0.2, 0.25) is 0 Å². The Kier molecular flexibility index (Phi) is 10.3. The summed E-state index contributed by atoms with van der Waals surface area (Å²) in [6.07, 6.45) is 2.68. The van der Waals surface area contributed by atoms with Gasteiger partial charge in [0.1, 0.15) is 5.78 Å². The first-order chi connectivity index (χ1) is 8.78. The second-order valence-corrected chi connectivity index (χ2v) is 8.43. The molecule has 0 fully saturated rings. The Hall–Kier alpha value is 0.330. The Bertz CT molecular complexity index is 249. The molecule has 0 radical (unpaired) electrons. The summed E-state index contributed by atoms with van der Waals surface area (Å²) in [4.78, 5) is 12.0. The average molecular weight is 307 g/mol. The van der Waals surface area contributed by atoms with Crippen LogP contribution in [0.4, 0.5) is 0 Å². The summed E-state index contributed by atoms with van der Waals surface area (Å²) in [7, 11) is 0. The van der Waals surface area contributed by atoms with Crippen molar-refractivity contribution in [1.29, 1.82) is 0 Å². The second kappa shape index (κ2) is 10.1. The summed E-state index contributed by atoms with van der Waals surface area (Å²) in [6.45, 7) is 12.1. The van der Waals surface area contributed by atoms with Gasteiger partial charge in [-0.25, -0.2) is 0 Å². The van der Waals surface area contributed by atoms with Crippen LogP contribution in [-0.2, 0) is 9.53 Å². The fraction of sp³-hybridized carbons (Fsp3) is 0.933. The molecule has 0 amide bonds. The highest BCUT2D eigenvalue weighted by Crippen LogP contribution is 2.28. The standard InChI is InChI=1S/C15H30O2S2/c1-6-7-9-17-10-8-13(16)14(18)12(2)11-19-15(3,4)5/h12,14,18H,6-11H2,1-5H3. The molecular formula is C15H30O2S2. The van der Waals surface area contributed by atoms with E-state index in [-0.39, 0.29) is 15.8 Å². The minimum atomic E-state index is -0.162. The van der Waals surface area contributed by atoms with Crippen molar-refractivity contribution >= 4 is 30.2 Å². The topological polar surface area (TPSA) is 26.3 Å². The molecule has 2 nitrogen and oxygen atoms in total. The fourth-order valence-electron chi connectivity index (χ4n) is 1.46. The molecule has 0 saturated carbocycles. The van der Waals surface area contributed by atoms with Gasteiger partial charge in [-0.05, 0) is 18.1 Å². The van der Waals surface area contributed by atoms with Gasteiger partial charge in [-0.3, -0.25) is 4.79 Å². The molecule has 0 rings (SSSR count). The molecule has 0 aromatic rings. The Morgan fingerprint density at radius 2 is 1.95 bits per heavy atom. The first-order valence-electron chi connectivity index (χ1n) is 7.20. The van der Waals surface area contributed by atoms with Crippen LogP contribution in [0.15, 0.2) is 0 Å². The maximum atomic E-state index is 12.0. The van der Waals surface area contributed by atoms with Gasteiger partial charge in [0.05, 0.1) is 11.9 Å². The number of hydrogen-bond acceptors (Lipinski definition) is 4. The normalized spacial score (nSPS) is 15.3. The third kappa shape index (κ3) is 10.7. The highest BCUT2D eigenvalue weighted by Gasteiger charge is 2.22. The molecule has 0 aliphatic heterocycles. The lowest BCUT2D eigenvalue weighted by atomic mass is 10.0. The predicted molar refractivity (Wildman–Crippen MR) is 89.5 cm³/mol. The van der Waals surface area contributed by atoms with Gasteiger partial charge in [-0.2, -0.15) is 24.4 Å². The minimum absolute atomic E-state index is 0.162. The van der Waals surface area contributed by atoms with E-state index in [1.807, 2.05) is 11.8 Å². The predicted octanol–water partition coefficient (Wildman–Crippen LogP) is 4.23. The fourth-order valence-corrected chi connectivity index (χ4v) is 2.79. The van der Waals surface area contributed by atoms with Gasteiger partial charge < -0.3 is 4.74 Å². The number of thiol groups is 1. The summed E-state index contributed by atoms with van der Waals surface area (Å²) < 4.78 is 5.67. The molecule has 114 valence electrons. The van der Waals surface area contributed by atoms with Gasteiger partial charge in [-0.1, -0.05) is 41.0 Å². The Labute approximate surface area is 128 Å². The van der Waals surface area contributed by atoms with Crippen LogP contribution < -0.4 is 0 Å². The second-order valence-electron chi connectivity index (χ2n) is 6.03. The minimum Gasteiger partial charge on any atom is -0.381 e. The molecule has 4 heteroatoms. The van der Waals surface area contributed by atoms with E-state index in [1.165, 1.54) is 0 Å². The number of carbonyl (C=O) groups excluding carboxylic acids is 1. The number of ketones is 1. The first-order valence-corrected chi connectivity index (χ1v) is 8.70. The third-order valence-electron chi connectivity index (χ3n) is 2.78. The van der Waals surface area contributed by atoms with Crippen molar-refractivity contribution in [3.05, 3.63) is 0 Å². The van der Waals surface area contributed by atoms with Gasteiger partial charge in [0.25, 0.3) is 0 Å². The van der Waals surface area contributed by atoms with Crippen LogP contribution in [0.25, 0.3) is 0 Å². The van der Waals surface area contributed by atoms with Crippen molar-refractivity contribution in [1.82, 2.24) is 0 Å². The van der Waals surface area contributed by atoms with E-state index in [9.17, 15) is 4.79 Å². The van der Waals surface area contributed by atoms with Crippen molar-refractivity contribution in [3.8, 4) is 0 Å². The van der Waals surface area contributed by atoms with Crippen molar-refractivity contribution in [2.75, 3.05) is 19.0 Å². The number of unbranched alkanes of at least 4 members (excludes halogenated alkanes) is 1. The number of hydrogen-bond donors (Lipinski definition) is 1. The van der Waals surface area contributed by atoms with Crippen molar-refractivity contribution in [2.45, 2.75) is 63.9 Å². The summed E-state index contributed by atoms with van der Waals surface area (Å²) in [5.41, 5.74) is 0. The van der Waals surface area contributed by atoms with Crippen LogP contribution in [-0.4, -0.2) is 34.7 Å². The number of thioether (sulfide) groups is 1. The lowest BCUT2D eigenvalue weighted by Gasteiger charge is -2.23. The number of Topliss-reactive ketones (excluding diaryl/α,β-unsaturated/α-hetero) is 1. The molecule has 2 atom stereocenters. The zero-order valence-corrected chi connectivity index (χ0v) is 14.8. The number of rotatable bonds is 10. The molecule has 0 spiro atoms. The summed E-state index contributed by atoms with van der Waals surface area (Å²) in [6, 6.07) is 0. The van der Waals surface area contributed by atoms with E-state index < -0.39 is 0 Å². The summed E-state index contributed by atoms with van der Waals surface area (Å²) >= 11 is 6.36. The van der Waals surface area contributed by atoms with Gasteiger partial charge in [0.2, 0.25) is 0 Å². The number of carbonyl (C=O) groups is 1. The van der Waals surface area contributed by atoms with Crippen molar-refractivity contribution < 1.29 is 9.53 Å². The zero-order chi connectivity index (χ0) is 14.9. The van der Waals surface area contributed by atoms with E-state index in [1.54, 1.807) is 0 Å². The van der Waals surface area contributed by atoms with Crippen LogP contribution in [0.1, 0.15) is 53.9 Å². The molecule has 0 bridgehead atoms. The Balaban J connectivity index is 3.84. The van der Waals surface area contributed by atoms with Crippen LogP contribution >= 0.6 is 24.4 Å². The molecule has 0 aromatic carbocycles. The highest BCUT2D eigenvalue weighted by atomic mass is 32.2. The van der Waals surface area contributed by atoms with Crippen LogP contribution in [0.3, 0.4) is 0 Å². The highest BCUT2D eigenvalue weighted by molar-refractivity contribution is 8.00. The van der Waals surface area contributed by atoms with Crippen LogP contribution in [0, 0.1) is 5.92 Å². The smallest absolute Gasteiger partial charge is 0.148 e. The summed E-state index contributed by atoms with van der Waals surface area (Å²) in [5, 5.41) is -0.162. The largest absolute Gasteiger partial charge is 0.381 e. The summed E-state index contributed by atoms with van der Waals surface area (Å²) in [5.74, 6) is 1.48. The Morgan fingerprint density at radius 1 is 1.32 bits per heavy atom. The molecule has 0 aliphatic rings. The quantitative estimate of drug-likeness (QED) is 0.483. The van der Waals surface area contributed by atoms with Gasteiger partial charge in [0.15, 0.2) is 0 Å². The van der Waals surface area contributed by atoms with E-state index in [0.717, 1.165) is 25.2 Å². The van der Waals surface area contributed by atoms with E-state index >= 15 is 0 Å². The first kappa shape index (κ1) is 19.3. The van der Waals surface area contributed by atoms with Crippen molar-refractivity contribution in [2.24, 2.45) is 5.92 Å². The lowest BCUT2D eigenvalue weighted by Crippen LogP contribution is -2.26. The maximum Gasteiger partial charge on any atom is 0.148 e. The lowest BCUT2D eigenvalue weighted by molar-refractivity contribution is -0.120. The number of ether oxygens (including phenoxy) is 1.